The Morgan fingerprint density at radius 1 is 0.862 bits per heavy atom. The van der Waals surface area contributed by atoms with Crippen molar-refractivity contribution in [1.82, 2.24) is 9.13 Å². The third kappa shape index (κ3) is 3.93. The van der Waals surface area contributed by atoms with Crippen LogP contribution in [0.3, 0.4) is 0 Å². The van der Waals surface area contributed by atoms with E-state index in [1.807, 2.05) is 92.1 Å². The fourth-order valence-corrected chi connectivity index (χ4v) is 3.46. The highest BCUT2D eigenvalue weighted by atomic mass is 35.5. The molecule has 1 aromatic heterocycles. The van der Waals surface area contributed by atoms with Gasteiger partial charge in [-0.15, -0.1) is 0 Å². The van der Waals surface area contributed by atoms with Crippen LogP contribution in [0.2, 0.25) is 5.02 Å². The topological polar surface area (TPSA) is 50.8 Å². The molecule has 4 aromatic rings. The standard InChI is InChI=1S/C24H20ClN3O/c1-27-22(19-11-13-21(25)14-12-19)15-28(24(27)26)16-23(29)20-9-7-18(8-10-20)17-5-3-2-4-6-17/h2-15,26H,16H2,1H3. The van der Waals surface area contributed by atoms with Gasteiger partial charge in [0.05, 0.1) is 12.2 Å². The molecule has 3 aromatic carbocycles. The maximum Gasteiger partial charge on any atom is 0.202 e. The van der Waals surface area contributed by atoms with Gasteiger partial charge in [0, 0.05) is 23.8 Å². The number of carbonyl (C=O) groups excluding carboxylic acids is 1. The fourth-order valence-electron chi connectivity index (χ4n) is 3.34. The molecule has 0 aliphatic heterocycles. The summed E-state index contributed by atoms with van der Waals surface area (Å²) in [7, 11) is 1.82. The molecule has 4 rings (SSSR count). The van der Waals surface area contributed by atoms with E-state index in [0.29, 0.717) is 10.6 Å². The maximum absolute atomic E-state index is 12.8. The number of nitrogens with zero attached hydrogens (tertiary/aromatic N) is 2. The van der Waals surface area contributed by atoms with Crippen LogP contribution in [0.25, 0.3) is 22.4 Å². The van der Waals surface area contributed by atoms with Crippen LogP contribution in [0.1, 0.15) is 10.4 Å². The molecule has 0 atom stereocenters. The van der Waals surface area contributed by atoms with Crippen LogP contribution in [0.4, 0.5) is 0 Å². The van der Waals surface area contributed by atoms with Crippen molar-refractivity contribution in [3.8, 4) is 22.4 Å². The molecule has 0 amide bonds. The predicted molar refractivity (Wildman–Crippen MR) is 116 cm³/mol. The number of rotatable bonds is 5. The Morgan fingerprint density at radius 3 is 2.10 bits per heavy atom. The molecular weight excluding hydrogens is 382 g/mol. The van der Waals surface area contributed by atoms with Gasteiger partial charge in [0.25, 0.3) is 0 Å². The summed E-state index contributed by atoms with van der Waals surface area (Å²) in [6.45, 7) is 0.116. The van der Waals surface area contributed by atoms with Crippen LogP contribution >= 0.6 is 11.6 Å². The third-order valence-electron chi connectivity index (χ3n) is 5.00. The van der Waals surface area contributed by atoms with Crippen LogP contribution in [-0.4, -0.2) is 14.9 Å². The lowest BCUT2D eigenvalue weighted by molar-refractivity contribution is 0.0970. The molecule has 0 saturated carbocycles. The normalized spacial score (nSPS) is 10.8. The first-order chi connectivity index (χ1) is 14.0. The van der Waals surface area contributed by atoms with Crippen molar-refractivity contribution in [2.24, 2.45) is 7.05 Å². The number of halogens is 1. The molecule has 4 nitrogen and oxygen atoms in total. The second kappa shape index (κ2) is 7.94. The van der Waals surface area contributed by atoms with Gasteiger partial charge in [0.2, 0.25) is 5.62 Å². The maximum atomic E-state index is 12.8. The molecule has 29 heavy (non-hydrogen) atoms. The van der Waals surface area contributed by atoms with Crippen LogP contribution in [-0.2, 0) is 13.6 Å². The highest BCUT2D eigenvalue weighted by Crippen LogP contribution is 2.21. The number of carbonyl (C=O) groups is 1. The highest BCUT2D eigenvalue weighted by molar-refractivity contribution is 6.30. The van der Waals surface area contributed by atoms with Gasteiger partial charge in [0.1, 0.15) is 0 Å². The molecule has 0 aliphatic carbocycles. The van der Waals surface area contributed by atoms with Crippen molar-refractivity contribution in [1.29, 1.82) is 5.41 Å². The minimum atomic E-state index is -0.0311. The number of nitrogens with one attached hydrogen (secondary N) is 1. The van der Waals surface area contributed by atoms with Crippen LogP contribution < -0.4 is 5.62 Å². The van der Waals surface area contributed by atoms with Gasteiger partial charge < -0.3 is 9.13 Å². The Balaban J connectivity index is 1.56. The molecule has 0 unspecified atom stereocenters. The lowest BCUT2D eigenvalue weighted by atomic mass is 10.0. The minimum Gasteiger partial charge on any atom is -0.314 e. The van der Waals surface area contributed by atoms with Gasteiger partial charge in [-0.1, -0.05) is 78.3 Å². The van der Waals surface area contributed by atoms with Crippen molar-refractivity contribution < 1.29 is 4.79 Å². The van der Waals surface area contributed by atoms with Crippen LogP contribution in [0.15, 0.2) is 85.1 Å². The van der Waals surface area contributed by atoms with E-state index >= 15 is 0 Å². The number of imidazole rings is 1. The first-order valence-corrected chi connectivity index (χ1v) is 9.66. The first-order valence-electron chi connectivity index (χ1n) is 9.28. The Morgan fingerprint density at radius 2 is 1.45 bits per heavy atom. The molecule has 5 heteroatoms. The number of Topliss-reactive ketones (excluding diaryl/α,β-unsaturated/α-hetero) is 1. The molecule has 0 radical (unpaired) electrons. The zero-order chi connectivity index (χ0) is 20.4. The molecule has 1 N–H and O–H groups in total. The van der Waals surface area contributed by atoms with Gasteiger partial charge in [-0.2, -0.15) is 0 Å². The lowest BCUT2D eigenvalue weighted by Crippen LogP contribution is -2.25. The Labute approximate surface area is 174 Å². The summed E-state index contributed by atoms with van der Waals surface area (Å²) in [6, 6.07) is 25.1. The second-order valence-corrected chi connectivity index (χ2v) is 7.33. The number of aromatic nitrogens is 2. The molecule has 0 aliphatic rings. The monoisotopic (exact) mass is 401 g/mol. The van der Waals surface area contributed by atoms with Gasteiger partial charge in [-0.25, -0.2) is 0 Å². The number of hydrogen-bond acceptors (Lipinski definition) is 2. The highest BCUT2D eigenvalue weighted by Gasteiger charge is 2.12. The van der Waals surface area contributed by atoms with E-state index in [4.69, 9.17) is 17.0 Å². The zero-order valence-electron chi connectivity index (χ0n) is 16.0. The molecule has 1 heterocycles. The molecule has 0 saturated heterocycles. The zero-order valence-corrected chi connectivity index (χ0v) is 16.7. The molecular formula is C24H20ClN3O. The molecule has 0 bridgehead atoms. The smallest absolute Gasteiger partial charge is 0.202 e. The summed E-state index contributed by atoms with van der Waals surface area (Å²) in [5, 5.41) is 9.02. The lowest BCUT2D eigenvalue weighted by Gasteiger charge is -2.05. The van der Waals surface area contributed by atoms with E-state index < -0.39 is 0 Å². The van der Waals surface area contributed by atoms with Crippen molar-refractivity contribution in [2.75, 3.05) is 0 Å². The van der Waals surface area contributed by atoms with Crippen molar-refractivity contribution in [2.45, 2.75) is 6.54 Å². The summed E-state index contributed by atoms with van der Waals surface area (Å²) in [5.41, 5.74) is 4.89. The van der Waals surface area contributed by atoms with Crippen molar-refractivity contribution >= 4 is 17.4 Å². The average molecular weight is 402 g/mol. The third-order valence-corrected chi connectivity index (χ3v) is 5.25. The van der Waals surface area contributed by atoms with Gasteiger partial charge >= 0.3 is 0 Å². The average Bonchev–Trinajstić information content (AvgIpc) is 3.03. The summed E-state index contributed by atoms with van der Waals surface area (Å²) >= 11 is 5.97. The minimum absolute atomic E-state index is 0.0311. The summed E-state index contributed by atoms with van der Waals surface area (Å²) in [4.78, 5) is 12.8. The van der Waals surface area contributed by atoms with Gasteiger partial charge in [-0.05, 0) is 28.8 Å². The largest absolute Gasteiger partial charge is 0.314 e. The summed E-state index contributed by atoms with van der Waals surface area (Å²) < 4.78 is 3.42. The Hall–Kier alpha value is -3.37. The van der Waals surface area contributed by atoms with E-state index in [2.05, 4.69) is 0 Å². The molecule has 0 spiro atoms. The first kappa shape index (κ1) is 19.0. The SMILES string of the molecule is Cn1c(-c2ccc(Cl)cc2)cn(CC(=O)c2ccc(-c3ccccc3)cc2)c1=N. The Bertz CT molecular complexity index is 1200. The van der Waals surface area contributed by atoms with E-state index in [0.717, 1.165) is 22.4 Å². The fraction of sp³-hybridized carbons (Fsp3) is 0.0833. The summed E-state index contributed by atoms with van der Waals surface area (Å²) in [6.07, 6.45) is 1.84. The van der Waals surface area contributed by atoms with E-state index in [9.17, 15) is 4.79 Å². The molecule has 144 valence electrons. The summed E-state index contributed by atoms with van der Waals surface area (Å²) in [5.74, 6) is -0.0311. The second-order valence-electron chi connectivity index (χ2n) is 6.90. The predicted octanol–water partition coefficient (Wildman–Crippen LogP) is 5.18. The number of benzene rings is 3. The van der Waals surface area contributed by atoms with E-state index in [-0.39, 0.29) is 17.9 Å². The van der Waals surface area contributed by atoms with Crippen molar-refractivity contribution in [3.63, 3.8) is 0 Å². The number of ketones is 1. The molecule has 0 fully saturated rings. The van der Waals surface area contributed by atoms with E-state index in [1.54, 1.807) is 9.13 Å². The van der Waals surface area contributed by atoms with Crippen LogP contribution in [0, 0.1) is 5.41 Å². The van der Waals surface area contributed by atoms with Crippen molar-refractivity contribution in [3.05, 3.63) is 101 Å². The Kier molecular flexibility index (Phi) is 5.19. The van der Waals surface area contributed by atoms with Gasteiger partial charge in [-0.3, -0.25) is 10.2 Å². The quantitative estimate of drug-likeness (QED) is 0.460. The van der Waals surface area contributed by atoms with E-state index in [1.165, 1.54) is 0 Å². The van der Waals surface area contributed by atoms with Crippen LogP contribution in [0.5, 0.6) is 0 Å². The number of hydrogen-bond donors (Lipinski definition) is 1. The van der Waals surface area contributed by atoms with Gasteiger partial charge in [0.15, 0.2) is 5.78 Å².